The van der Waals surface area contributed by atoms with E-state index in [1.807, 2.05) is 0 Å². The lowest BCUT2D eigenvalue weighted by atomic mass is 9.55. The lowest BCUT2D eigenvalue weighted by Crippen LogP contribution is -2.40. The minimum atomic E-state index is 0.500. The van der Waals surface area contributed by atoms with E-state index < -0.39 is 0 Å². The molecule has 2 fully saturated rings. The Balaban J connectivity index is 1.69. The minimum Gasteiger partial charge on any atom is -0.497 e. The molecule has 0 spiro atoms. The van der Waals surface area contributed by atoms with Gasteiger partial charge in [0.1, 0.15) is 5.75 Å². The second kappa shape index (κ2) is 5.15. The smallest absolute Gasteiger partial charge is 0.119 e. The van der Waals surface area contributed by atoms with Gasteiger partial charge in [0, 0.05) is 0 Å². The molecule has 0 amide bonds. The van der Waals surface area contributed by atoms with Crippen LogP contribution in [0.25, 0.3) is 0 Å². The number of rotatable bonds is 1. The second-order valence-electron chi connectivity index (χ2n) is 7.79. The summed E-state index contributed by atoms with van der Waals surface area (Å²) >= 11 is 0. The van der Waals surface area contributed by atoms with Crippen molar-refractivity contribution in [2.75, 3.05) is 7.11 Å². The molecule has 4 rings (SSSR count). The Kier molecular flexibility index (Phi) is 3.36. The number of hydrogen-bond acceptors (Lipinski definition) is 1. The molecular weight excluding hydrogens is 268 g/mol. The average Bonchev–Trinajstić information content (AvgIpc) is 2.90. The number of hydrogen-bond donors (Lipinski definition) is 0. The van der Waals surface area contributed by atoms with Crippen LogP contribution < -0.4 is 4.74 Å². The van der Waals surface area contributed by atoms with Crippen LogP contribution in [0.15, 0.2) is 29.8 Å². The lowest BCUT2D eigenvalue weighted by molar-refractivity contribution is 0.0813. The Morgan fingerprint density at radius 3 is 2.82 bits per heavy atom. The summed E-state index contributed by atoms with van der Waals surface area (Å²) in [4.78, 5) is 0. The molecule has 0 radical (unpaired) electrons. The van der Waals surface area contributed by atoms with Gasteiger partial charge in [0.15, 0.2) is 0 Å². The van der Waals surface area contributed by atoms with E-state index in [1.54, 1.807) is 23.8 Å². The lowest BCUT2D eigenvalue weighted by Gasteiger charge is -2.49. The summed E-state index contributed by atoms with van der Waals surface area (Å²) in [5.41, 5.74) is 5.43. The molecule has 0 N–H and O–H groups in total. The highest BCUT2D eigenvalue weighted by Gasteiger charge is 2.52. The molecule has 1 aromatic rings. The summed E-state index contributed by atoms with van der Waals surface area (Å²) < 4.78 is 5.42. The van der Waals surface area contributed by atoms with E-state index in [4.69, 9.17) is 4.74 Å². The molecule has 0 unspecified atom stereocenters. The van der Waals surface area contributed by atoms with Crippen LogP contribution in [0, 0.1) is 17.3 Å². The Hall–Kier alpha value is -1.24. The zero-order valence-electron chi connectivity index (χ0n) is 14.2. The maximum Gasteiger partial charge on any atom is 0.119 e. The normalized spacial score (nSPS) is 38.3. The van der Waals surface area contributed by atoms with Gasteiger partial charge in [-0.25, -0.2) is 0 Å². The van der Waals surface area contributed by atoms with Crippen LogP contribution in [-0.2, 0) is 6.42 Å². The third kappa shape index (κ3) is 1.90. The maximum absolute atomic E-state index is 5.42. The molecule has 0 saturated heterocycles. The van der Waals surface area contributed by atoms with Crippen molar-refractivity contribution in [1.29, 1.82) is 0 Å². The van der Waals surface area contributed by atoms with Crippen LogP contribution in [0.3, 0.4) is 0 Å². The first-order valence-electron chi connectivity index (χ1n) is 9.00. The Bertz CT molecular complexity index is 614. The predicted molar refractivity (Wildman–Crippen MR) is 91.4 cm³/mol. The fraction of sp³-hybridized carbons (Fsp3) is 0.619. The first-order valence-corrected chi connectivity index (χ1v) is 9.00. The van der Waals surface area contributed by atoms with Crippen LogP contribution >= 0.6 is 0 Å². The fourth-order valence-electron chi connectivity index (χ4n) is 6.01. The molecule has 0 aliphatic heterocycles. The first kappa shape index (κ1) is 14.4. The maximum atomic E-state index is 5.42. The Labute approximate surface area is 134 Å². The molecule has 2 saturated carbocycles. The Morgan fingerprint density at radius 1 is 1.18 bits per heavy atom. The summed E-state index contributed by atoms with van der Waals surface area (Å²) in [5.74, 6) is 3.63. The van der Waals surface area contributed by atoms with Gasteiger partial charge in [-0.2, -0.15) is 0 Å². The molecule has 3 aliphatic carbocycles. The molecule has 0 aromatic heterocycles. The minimum absolute atomic E-state index is 0.500. The summed E-state index contributed by atoms with van der Waals surface area (Å²) in [6.45, 7) is 4.80. The predicted octanol–water partition coefficient (Wildman–Crippen LogP) is 5.50. The summed E-state index contributed by atoms with van der Waals surface area (Å²) in [5, 5.41) is 0. The number of benzene rings is 1. The van der Waals surface area contributed by atoms with E-state index in [-0.39, 0.29) is 0 Å². The Morgan fingerprint density at radius 2 is 2.05 bits per heavy atom. The molecule has 4 atom stereocenters. The number of aryl methyl sites for hydroxylation is 1. The van der Waals surface area contributed by atoms with Gasteiger partial charge < -0.3 is 4.74 Å². The molecule has 0 heterocycles. The van der Waals surface area contributed by atoms with Crippen LogP contribution in [0.5, 0.6) is 5.75 Å². The molecule has 22 heavy (non-hydrogen) atoms. The number of allylic oxidation sites excluding steroid dienone is 2. The van der Waals surface area contributed by atoms with E-state index in [0.717, 1.165) is 23.5 Å². The van der Waals surface area contributed by atoms with Gasteiger partial charge >= 0.3 is 0 Å². The molecular formula is C21H28O. The zero-order chi connectivity index (χ0) is 15.3. The number of methoxy groups -OCH3 is 1. The van der Waals surface area contributed by atoms with Crippen LogP contribution in [-0.4, -0.2) is 7.11 Å². The third-order valence-corrected chi connectivity index (χ3v) is 7.13. The van der Waals surface area contributed by atoms with Crippen LogP contribution in [0.1, 0.15) is 63.0 Å². The van der Waals surface area contributed by atoms with Crippen molar-refractivity contribution in [1.82, 2.24) is 0 Å². The van der Waals surface area contributed by atoms with Crippen molar-refractivity contribution in [3.05, 3.63) is 41.0 Å². The summed E-state index contributed by atoms with van der Waals surface area (Å²) in [6.07, 6.45) is 10.5. The fourth-order valence-corrected chi connectivity index (χ4v) is 6.01. The van der Waals surface area contributed by atoms with E-state index >= 15 is 0 Å². The van der Waals surface area contributed by atoms with Gasteiger partial charge in [-0.3, -0.25) is 0 Å². The third-order valence-electron chi connectivity index (χ3n) is 7.13. The molecule has 0 bridgehead atoms. The molecule has 118 valence electrons. The van der Waals surface area contributed by atoms with Crippen molar-refractivity contribution in [3.8, 4) is 5.75 Å². The van der Waals surface area contributed by atoms with Gasteiger partial charge in [-0.05, 0) is 91.9 Å². The van der Waals surface area contributed by atoms with Gasteiger partial charge in [0.25, 0.3) is 0 Å². The standard InChI is InChI=1S/C21H28O/c1-4-15-6-10-20-19-8-5-14-13-16(22-3)7-9-17(14)18(19)11-12-21(15,20)2/h4,7,9,13,18-20H,5-6,8,10-12H2,1-3H3/t18-,19-,20+,21-/m1/s1. The highest BCUT2D eigenvalue weighted by atomic mass is 16.5. The van der Waals surface area contributed by atoms with Crippen molar-refractivity contribution in [2.24, 2.45) is 17.3 Å². The first-order chi connectivity index (χ1) is 10.7. The molecule has 3 aliphatic rings. The molecule has 1 heteroatoms. The molecule has 1 nitrogen and oxygen atoms in total. The zero-order valence-corrected chi connectivity index (χ0v) is 14.2. The van der Waals surface area contributed by atoms with E-state index in [1.165, 1.54) is 38.5 Å². The second-order valence-corrected chi connectivity index (χ2v) is 7.79. The van der Waals surface area contributed by atoms with Crippen LogP contribution in [0.2, 0.25) is 0 Å². The summed E-state index contributed by atoms with van der Waals surface area (Å²) in [7, 11) is 1.77. The number of ether oxygens (including phenoxy) is 1. The van der Waals surface area contributed by atoms with E-state index in [2.05, 4.69) is 38.1 Å². The number of fused-ring (bicyclic) bond motifs is 5. The van der Waals surface area contributed by atoms with Gasteiger partial charge in [-0.15, -0.1) is 0 Å². The SMILES string of the molecule is CC=C1CC[C@H]2[C@@H]3CCc4cc(OC)ccc4[C@H]3CC[C@]12C. The van der Waals surface area contributed by atoms with Crippen molar-refractivity contribution in [3.63, 3.8) is 0 Å². The average molecular weight is 296 g/mol. The van der Waals surface area contributed by atoms with Gasteiger partial charge in [-0.1, -0.05) is 24.6 Å². The van der Waals surface area contributed by atoms with Crippen molar-refractivity contribution < 1.29 is 4.74 Å². The van der Waals surface area contributed by atoms with Crippen LogP contribution in [0.4, 0.5) is 0 Å². The van der Waals surface area contributed by atoms with Crippen molar-refractivity contribution in [2.45, 2.75) is 58.3 Å². The molecule has 1 aromatic carbocycles. The summed E-state index contributed by atoms with van der Waals surface area (Å²) in [6, 6.07) is 6.81. The van der Waals surface area contributed by atoms with E-state index in [0.29, 0.717) is 5.41 Å². The quantitative estimate of drug-likeness (QED) is 0.622. The monoisotopic (exact) mass is 296 g/mol. The largest absolute Gasteiger partial charge is 0.497 e. The van der Waals surface area contributed by atoms with Gasteiger partial charge in [0.2, 0.25) is 0 Å². The highest BCUT2D eigenvalue weighted by Crippen LogP contribution is 2.62. The van der Waals surface area contributed by atoms with Crippen molar-refractivity contribution >= 4 is 0 Å². The topological polar surface area (TPSA) is 9.23 Å². The highest BCUT2D eigenvalue weighted by molar-refractivity contribution is 5.41. The van der Waals surface area contributed by atoms with E-state index in [9.17, 15) is 0 Å². The van der Waals surface area contributed by atoms with Gasteiger partial charge in [0.05, 0.1) is 7.11 Å².